The number of amides is 1. The lowest BCUT2D eigenvalue weighted by molar-refractivity contribution is -0.113. The first-order valence-corrected chi connectivity index (χ1v) is 11.9. The minimum Gasteiger partial charge on any atom is -0.302 e. The standard InChI is InChI=1S/C22H20ClN5OS2/c1-3-28-20(16-9-11-17(23)12-10-16)26-27-22(28)30-13-18(29)24-21-25-19(14(2)31-21)15-7-5-4-6-8-15/h4-12H,3,13H2,1-2H3,(H,24,25,29). The lowest BCUT2D eigenvalue weighted by Gasteiger charge is -2.07. The fraction of sp³-hybridized carbons (Fsp3) is 0.182. The largest absolute Gasteiger partial charge is 0.302 e. The zero-order valence-corrected chi connectivity index (χ0v) is 19.4. The molecule has 4 aromatic rings. The van der Waals surface area contributed by atoms with Gasteiger partial charge in [-0.15, -0.1) is 21.5 Å². The molecule has 158 valence electrons. The number of nitrogens with zero attached hydrogens (tertiary/aromatic N) is 4. The van der Waals surface area contributed by atoms with Crippen LogP contribution in [0.1, 0.15) is 11.8 Å². The predicted octanol–water partition coefficient (Wildman–Crippen LogP) is 5.78. The number of aryl methyl sites for hydroxylation is 1. The van der Waals surface area contributed by atoms with Crippen molar-refractivity contribution < 1.29 is 4.79 Å². The molecule has 0 bridgehead atoms. The molecule has 0 atom stereocenters. The van der Waals surface area contributed by atoms with Crippen LogP contribution >= 0.6 is 34.7 Å². The van der Waals surface area contributed by atoms with Gasteiger partial charge in [0.1, 0.15) is 0 Å². The minimum absolute atomic E-state index is 0.128. The van der Waals surface area contributed by atoms with Gasteiger partial charge >= 0.3 is 0 Å². The number of halogens is 1. The lowest BCUT2D eigenvalue weighted by Crippen LogP contribution is -2.14. The van der Waals surface area contributed by atoms with Crippen LogP contribution in [0.5, 0.6) is 0 Å². The van der Waals surface area contributed by atoms with Crippen LogP contribution < -0.4 is 5.32 Å². The summed E-state index contributed by atoms with van der Waals surface area (Å²) in [6.07, 6.45) is 0. The van der Waals surface area contributed by atoms with Crippen molar-refractivity contribution in [3.8, 4) is 22.6 Å². The third-order valence-corrected chi connectivity index (χ3v) is 6.66. The highest BCUT2D eigenvalue weighted by Gasteiger charge is 2.16. The normalized spacial score (nSPS) is 10.9. The number of thioether (sulfide) groups is 1. The Balaban J connectivity index is 1.42. The fourth-order valence-corrected chi connectivity index (χ4v) is 4.87. The maximum atomic E-state index is 12.5. The van der Waals surface area contributed by atoms with Crippen molar-refractivity contribution in [2.75, 3.05) is 11.1 Å². The van der Waals surface area contributed by atoms with Gasteiger partial charge in [-0.05, 0) is 38.1 Å². The van der Waals surface area contributed by atoms with Crippen LogP contribution in [0.15, 0.2) is 59.8 Å². The van der Waals surface area contributed by atoms with Crippen molar-refractivity contribution in [3.63, 3.8) is 0 Å². The molecule has 0 unspecified atom stereocenters. The molecule has 1 amide bonds. The molecule has 2 aromatic carbocycles. The molecule has 2 aromatic heterocycles. The number of benzene rings is 2. The summed E-state index contributed by atoms with van der Waals surface area (Å²) in [5.41, 5.74) is 2.87. The highest BCUT2D eigenvalue weighted by atomic mass is 35.5. The smallest absolute Gasteiger partial charge is 0.236 e. The molecule has 0 aliphatic rings. The van der Waals surface area contributed by atoms with Gasteiger partial charge in [-0.1, -0.05) is 53.7 Å². The highest BCUT2D eigenvalue weighted by Crippen LogP contribution is 2.30. The molecule has 0 radical (unpaired) electrons. The van der Waals surface area contributed by atoms with Gasteiger partial charge in [-0.3, -0.25) is 4.79 Å². The quantitative estimate of drug-likeness (QED) is 0.347. The first kappa shape index (κ1) is 21.5. The Bertz CT molecular complexity index is 1190. The van der Waals surface area contributed by atoms with Crippen molar-refractivity contribution in [1.29, 1.82) is 0 Å². The number of aromatic nitrogens is 4. The molecule has 9 heteroatoms. The van der Waals surface area contributed by atoms with E-state index in [0.717, 1.165) is 27.5 Å². The Kier molecular flexibility index (Phi) is 6.70. The van der Waals surface area contributed by atoms with Crippen LogP contribution in [0.2, 0.25) is 5.02 Å². The maximum absolute atomic E-state index is 12.5. The van der Waals surface area contributed by atoms with Crippen molar-refractivity contribution >= 4 is 45.7 Å². The second-order valence-electron chi connectivity index (χ2n) is 6.68. The number of nitrogens with one attached hydrogen (secondary N) is 1. The van der Waals surface area contributed by atoms with Gasteiger partial charge in [-0.2, -0.15) is 0 Å². The van der Waals surface area contributed by atoms with E-state index in [0.29, 0.717) is 21.9 Å². The molecule has 4 rings (SSSR count). The van der Waals surface area contributed by atoms with Crippen molar-refractivity contribution in [2.24, 2.45) is 0 Å². The van der Waals surface area contributed by atoms with Crippen LogP contribution in [0.3, 0.4) is 0 Å². The summed E-state index contributed by atoms with van der Waals surface area (Å²) in [6, 6.07) is 17.4. The third kappa shape index (κ3) is 4.98. The molecule has 0 spiro atoms. The van der Waals surface area contributed by atoms with E-state index >= 15 is 0 Å². The number of anilines is 1. The summed E-state index contributed by atoms with van der Waals surface area (Å²) in [6.45, 7) is 4.73. The number of hydrogen-bond donors (Lipinski definition) is 1. The second kappa shape index (κ2) is 9.64. The van der Waals surface area contributed by atoms with Gasteiger partial charge in [0.05, 0.1) is 11.4 Å². The molecular formula is C22H20ClN5OS2. The average Bonchev–Trinajstić information content (AvgIpc) is 3.36. The summed E-state index contributed by atoms with van der Waals surface area (Å²) in [7, 11) is 0. The van der Waals surface area contributed by atoms with E-state index in [1.807, 2.05) is 73.0 Å². The summed E-state index contributed by atoms with van der Waals surface area (Å²) in [4.78, 5) is 18.2. The molecular weight excluding hydrogens is 450 g/mol. The minimum atomic E-state index is -0.128. The molecule has 2 heterocycles. The van der Waals surface area contributed by atoms with Crippen molar-refractivity contribution in [1.82, 2.24) is 19.7 Å². The zero-order valence-electron chi connectivity index (χ0n) is 17.0. The molecule has 0 aliphatic carbocycles. The monoisotopic (exact) mass is 469 g/mol. The van der Waals surface area contributed by atoms with Gasteiger partial charge in [0.2, 0.25) is 5.91 Å². The lowest BCUT2D eigenvalue weighted by atomic mass is 10.1. The number of thiazole rings is 1. The van der Waals surface area contributed by atoms with Crippen molar-refractivity contribution in [3.05, 3.63) is 64.5 Å². The van der Waals surface area contributed by atoms with Crippen LogP contribution in [-0.2, 0) is 11.3 Å². The van der Waals surface area contributed by atoms with Gasteiger partial charge in [0, 0.05) is 27.6 Å². The summed E-state index contributed by atoms with van der Waals surface area (Å²) in [5.74, 6) is 0.847. The first-order chi connectivity index (χ1) is 15.0. The highest BCUT2D eigenvalue weighted by molar-refractivity contribution is 7.99. The zero-order chi connectivity index (χ0) is 21.8. The Morgan fingerprint density at radius 1 is 1.10 bits per heavy atom. The molecule has 0 saturated heterocycles. The van der Waals surface area contributed by atoms with E-state index in [1.165, 1.54) is 23.1 Å². The van der Waals surface area contributed by atoms with E-state index < -0.39 is 0 Å². The Labute approximate surface area is 193 Å². The number of carbonyl (C=O) groups excluding carboxylic acids is 1. The van der Waals surface area contributed by atoms with E-state index in [4.69, 9.17) is 11.6 Å². The molecule has 0 saturated carbocycles. The summed E-state index contributed by atoms with van der Waals surface area (Å²) < 4.78 is 1.99. The van der Waals surface area contributed by atoms with Crippen LogP contribution in [0.4, 0.5) is 5.13 Å². The van der Waals surface area contributed by atoms with Gasteiger partial charge in [0.25, 0.3) is 0 Å². The van der Waals surface area contributed by atoms with E-state index in [-0.39, 0.29) is 11.7 Å². The summed E-state index contributed by atoms with van der Waals surface area (Å²) >= 11 is 8.81. The molecule has 31 heavy (non-hydrogen) atoms. The molecule has 0 aliphatic heterocycles. The topological polar surface area (TPSA) is 72.7 Å². The van der Waals surface area contributed by atoms with Crippen molar-refractivity contribution in [2.45, 2.75) is 25.5 Å². The predicted molar refractivity (Wildman–Crippen MR) is 128 cm³/mol. The Morgan fingerprint density at radius 3 is 2.55 bits per heavy atom. The van der Waals surface area contributed by atoms with E-state index in [1.54, 1.807) is 0 Å². The van der Waals surface area contributed by atoms with E-state index in [2.05, 4.69) is 20.5 Å². The first-order valence-electron chi connectivity index (χ1n) is 9.69. The number of hydrogen-bond acceptors (Lipinski definition) is 6. The van der Waals surface area contributed by atoms with Gasteiger partial charge < -0.3 is 9.88 Å². The Hall–Kier alpha value is -2.68. The third-order valence-electron chi connectivity index (χ3n) is 4.56. The second-order valence-corrected chi connectivity index (χ2v) is 9.27. The molecule has 1 N–H and O–H groups in total. The van der Waals surface area contributed by atoms with Crippen LogP contribution in [0.25, 0.3) is 22.6 Å². The Morgan fingerprint density at radius 2 is 1.84 bits per heavy atom. The van der Waals surface area contributed by atoms with Gasteiger partial charge in [-0.25, -0.2) is 4.98 Å². The fourth-order valence-electron chi connectivity index (χ4n) is 3.09. The SMILES string of the molecule is CCn1c(SCC(=O)Nc2nc(-c3ccccc3)c(C)s2)nnc1-c1ccc(Cl)cc1. The average molecular weight is 470 g/mol. The van der Waals surface area contributed by atoms with Crippen LogP contribution in [0, 0.1) is 6.92 Å². The number of carbonyl (C=O) groups is 1. The number of rotatable bonds is 7. The van der Waals surface area contributed by atoms with Crippen LogP contribution in [-0.4, -0.2) is 31.4 Å². The van der Waals surface area contributed by atoms with E-state index in [9.17, 15) is 4.79 Å². The maximum Gasteiger partial charge on any atom is 0.236 e. The summed E-state index contributed by atoms with van der Waals surface area (Å²) in [5, 5.41) is 13.4. The molecule has 0 fully saturated rings. The van der Waals surface area contributed by atoms with Gasteiger partial charge in [0.15, 0.2) is 16.1 Å². The molecule has 6 nitrogen and oxygen atoms in total.